The van der Waals surface area contributed by atoms with Crippen LogP contribution in [0.2, 0.25) is 0 Å². The smallest absolute Gasteiger partial charge is 0.330 e. The van der Waals surface area contributed by atoms with Gasteiger partial charge in [-0.2, -0.15) is 5.10 Å². The molecule has 3 aromatic rings. The minimum absolute atomic E-state index is 0.352. The van der Waals surface area contributed by atoms with Crippen LogP contribution in [0, 0.1) is 6.92 Å². The number of benzene rings is 1. The predicted molar refractivity (Wildman–Crippen MR) is 101 cm³/mol. The van der Waals surface area contributed by atoms with Crippen molar-refractivity contribution in [3.8, 4) is 5.69 Å². The number of rotatable bonds is 7. The molecular weight excluding hydrogens is 326 g/mol. The Balaban J connectivity index is 1.44. The van der Waals surface area contributed by atoms with Gasteiger partial charge in [-0.05, 0) is 50.1 Å². The van der Waals surface area contributed by atoms with Crippen LogP contribution >= 0.6 is 0 Å². The Labute approximate surface area is 153 Å². The number of nitrogens with zero attached hydrogens (tertiary/aromatic N) is 3. The molecule has 0 aliphatic rings. The zero-order chi connectivity index (χ0) is 18.2. The molecule has 0 bridgehead atoms. The van der Waals surface area contributed by atoms with Crippen LogP contribution in [0.15, 0.2) is 67.0 Å². The van der Waals surface area contributed by atoms with E-state index in [1.165, 1.54) is 6.08 Å². The molecule has 132 valence electrons. The molecule has 5 heteroatoms. The summed E-state index contributed by atoms with van der Waals surface area (Å²) >= 11 is 0. The van der Waals surface area contributed by atoms with Gasteiger partial charge in [0.15, 0.2) is 0 Å². The Morgan fingerprint density at radius 2 is 2.00 bits per heavy atom. The fourth-order valence-electron chi connectivity index (χ4n) is 2.52. The number of carbonyl (C=O) groups is 1. The fourth-order valence-corrected chi connectivity index (χ4v) is 2.52. The molecule has 0 spiro atoms. The summed E-state index contributed by atoms with van der Waals surface area (Å²) < 4.78 is 6.99. The third-order valence-electron chi connectivity index (χ3n) is 3.80. The molecule has 5 nitrogen and oxygen atoms in total. The van der Waals surface area contributed by atoms with Gasteiger partial charge in [0.2, 0.25) is 0 Å². The summed E-state index contributed by atoms with van der Waals surface area (Å²) in [5.74, 6) is -0.352. The van der Waals surface area contributed by atoms with E-state index in [0.717, 1.165) is 35.5 Å². The number of carbonyl (C=O) groups excluding carboxylic acids is 1. The quantitative estimate of drug-likeness (QED) is 0.371. The highest BCUT2D eigenvalue weighted by atomic mass is 16.5. The fraction of sp³-hybridized carbons (Fsp3) is 0.190. The zero-order valence-electron chi connectivity index (χ0n) is 14.7. The van der Waals surface area contributed by atoms with Crippen molar-refractivity contribution in [3.63, 3.8) is 0 Å². The molecule has 1 aromatic carbocycles. The van der Waals surface area contributed by atoms with E-state index in [4.69, 9.17) is 4.74 Å². The molecule has 0 amide bonds. The molecular formula is C21H21N3O2. The minimum Gasteiger partial charge on any atom is -0.463 e. The Kier molecular flexibility index (Phi) is 5.93. The maximum absolute atomic E-state index is 11.8. The highest BCUT2D eigenvalue weighted by molar-refractivity contribution is 5.86. The molecule has 0 radical (unpaired) electrons. The summed E-state index contributed by atoms with van der Waals surface area (Å²) in [4.78, 5) is 16.2. The van der Waals surface area contributed by atoms with Crippen LogP contribution in [0.3, 0.4) is 0 Å². The van der Waals surface area contributed by atoms with E-state index in [9.17, 15) is 4.79 Å². The van der Waals surface area contributed by atoms with Crippen LogP contribution in [0.1, 0.15) is 23.4 Å². The first kappa shape index (κ1) is 17.6. The Bertz CT molecular complexity index is 885. The second kappa shape index (κ2) is 8.76. The molecule has 2 aromatic heterocycles. The molecule has 0 aliphatic carbocycles. The molecule has 26 heavy (non-hydrogen) atoms. The van der Waals surface area contributed by atoms with Crippen LogP contribution in [-0.2, 0) is 16.0 Å². The van der Waals surface area contributed by atoms with E-state index in [1.807, 2.05) is 61.7 Å². The lowest BCUT2D eigenvalue weighted by Gasteiger charge is -2.03. The number of esters is 1. The van der Waals surface area contributed by atoms with Gasteiger partial charge in [-0.3, -0.25) is 4.98 Å². The van der Waals surface area contributed by atoms with Crippen LogP contribution in [0.25, 0.3) is 11.8 Å². The lowest BCUT2D eigenvalue weighted by molar-refractivity contribution is -0.137. The second-order valence-electron chi connectivity index (χ2n) is 5.93. The molecule has 0 aliphatic heterocycles. The molecule has 0 unspecified atom stereocenters. The topological polar surface area (TPSA) is 57.0 Å². The SMILES string of the molecule is Cc1cccc(CCCOC(=O)/C=C/c2cnn(-c3ccccc3)c2)n1. The van der Waals surface area contributed by atoms with E-state index >= 15 is 0 Å². The van der Waals surface area contributed by atoms with Crippen molar-refractivity contribution in [2.45, 2.75) is 19.8 Å². The summed E-state index contributed by atoms with van der Waals surface area (Å²) in [5, 5.41) is 4.29. The highest BCUT2D eigenvalue weighted by Crippen LogP contribution is 2.09. The van der Waals surface area contributed by atoms with Gasteiger partial charge in [0.1, 0.15) is 0 Å². The van der Waals surface area contributed by atoms with Crippen LogP contribution in [-0.4, -0.2) is 27.3 Å². The third kappa shape index (κ3) is 5.14. The first-order valence-electron chi connectivity index (χ1n) is 8.58. The minimum atomic E-state index is -0.352. The normalized spacial score (nSPS) is 11.0. The molecule has 0 atom stereocenters. The summed E-state index contributed by atoms with van der Waals surface area (Å²) in [5.41, 5.74) is 3.83. The van der Waals surface area contributed by atoms with Gasteiger partial charge in [-0.15, -0.1) is 0 Å². The van der Waals surface area contributed by atoms with Gasteiger partial charge >= 0.3 is 5.97 Å². The molecule has 0 saturated carbocycles. The zero-order valence-corrected chi connectivity index (χ0v) is 14.7. The number of aryl methyl sites for hydroxylation is 2. The third-order valence-corrected chi connectivity index (χ3v) is 3.80. The second-order valence-corrected chi connectivity index (χ2v) is 5.93. The standard InChI is InChI=1S/C21H21N3O2/c1-17-7-5-8-19(23-17)9-6-14-26-21(25)13-12-18-15-22-24(16-18)20-10-3-2-4-11-20/h2-5,7-8,10-13,15-16H,6,9,14H2,1H3/b13-12+. The number of aromatic nitrogens is 3. The molecule has 0 N–H and O–H groups in total. The molecule has 3 rings (SSSR count). The Morgan fingerprint density at radius 3 is 2.81 bits per heavy atom. The van der Waals surface area contributed by atoms with E-state index in [1.54, 1.807) is 17.0 Å². The maximum atomic E-state index is 11.8. The Morgan fingerprint density at radius 1 is 1.15 bits per heavy atom. The number of pyridine rings is 1. The number of ether oxygens (including phenoxy) is 1. The largest absolute Gasteiger partial charge is 0.463 e. The van der Waals surface area contributed by atoms with Crippen LogP contribution in [0.4, 0.5) is 0 Å². The van der Waals surface area contributed by atoms with Crippen LogP contribution in [0.5, 0.6) is 0 Å². The van der Waals surface area contributed by atoms with Crippen molar-refractivity contribution in [1.82, 2.24) is 14.8 Å². The van der Waals surface area contributed by atoms with Gasteiger partial charge in [0, 0.05) is 29.2 Å². The van der Waals surface area contributed by atoms with Gasteiger partial charge in [0.25, 0.3) is 0 Å². The van der Waals surface area contributed by atoms with E-state index in [2.05, 4.69) is 10.1 Å². The molecule has 0 saturated heterocycles. The van der Waals surface area contributed by atoms with Crippen molar-refractivity contribution >= 4 is 12.0 Å². The summed E-state index contributed by atoms with van der Waals surface area (Å²) in [7, 11) is 0. The highest BCUT2D eigenvalue weighted by Gasteiger charge is 2.01. The van der Waals surface area contributed by atoms with Gasteiger partial charge < -0.3 is 4.74 Å². The monoisotopic (exact) mass is 347 g/mol. The van der Waals surface area contributed by atoms with Crippen molar-refractivity contribution in [1.29, 1.82) is 0 Å². The number of para-hydroxylation sites is 1. The van der Waals surface area contributed by atoms with E-state index in [-0.39, 0.29) is 5.97 Å². The van der Waals surface area contributed by atoms with Crippen molar-refractivity contribution < 1.29 is 9.53 Å². The van der Waals surface area contributed by atoms with Gasteiger partial charge in [-0.25, -0.2) is 9.48 Å². The summed E-state index contributed by atoms with van der Waals surface area (Å²) in [6.07, 6.45) is 8.25. The molecule has 0 fully saturated rings. The lowest BCUT2D eigenvalue weighted by atomic mass is 10.2. The Hall–Kier alpha value is -3.21. The summed E-state index contributed by atoms with van der Waals surface area (Å²) in [6, 6.07) is 15.7. The van der Waals surface area contributed by atoms with E-state index < -0.39 is 0 Å². The number of hydrogen-bond acceptors (Lipinski definition) is 4. The molecule has 2 heterocycles. The van der Waals surface area contributed by atoms with Crippen LogP contribution < -0.4 is 0 Å². The van der Waals surface area contributed by atoms with E-state index in [0.29, 0.717) is 6.61 Å². The van der Waals surface area contributed by atoms with Crippen molar-refractivity contribution in [2.24, 2.45) is 0 Å². The van der Waals surface area contributed by atoms with Crippen molar-refractivity contribution in [2.75, 3.05) is 6.61 Å². The number of hydrogen-bond donors (Lipinski definition) is 0. The maximum Gasteiger partial charge on any atom is 0.330 e. The predicted octanol–water partition coefficient (Wildman–Crippen LogP) is 3.76. The van der Waals surface area contributed by atoms with Gasteiger partial charge in [-0.1, -0.05) is 24.3 Å². The average molecular weight is 347 g/mol. The summed E-state index contributed by atoms with van der Waals surface area (Å²) in [6.45, 7) is 2.34. The average Bonchev–Trinajstić information content (AvgIpc) is 3.13. The first-order valence-corrected chi connectivity index (χ1v) is 8.58. The van der Waals surface area contributed by atoms with Crippen molar-refractivity contribution in [3.05, 3.63) is 84.0 Å². The first-order chi connectivity index (χ1) is 12.7. The van der Waals surface area contributed by atoms with Gasteiger partial charge in [0.05, 0.1) is 18.5 Å². The lowest BCUT2D eigenvalue weighted by Crippen LogP contribution is -2.04.